The van der Waals surface area contributed by atoms with E-state index in [4.69, 9.17) is 11.6 Å². The Kier molecular flexibility index (Phi) is 8.52. The Hall–Kier alpha value is -3.54. The standard InChI is InChI=1S/C30H33ClN6O4S.CH4/c1-18-12-27-30(32-15-18)37-10-5-4-6-23(37)17-35(42(27,40)41)16-22-13-21(7-8-26(22)31)25(14-28(38)39)24-9-11-36-20(3)33-34-29(36)19(24)2;/h7-9,11-13,15,23,25H,4-6,10,14,16-17H2,1-3H3,(H,38,39);1H4/t23?,25-;/m1./s1. The van der Waals surface area contributed by atoms with E-state index >= 15 is 0 Å². The molecule has 0 aliphatic carbocycles. The van der Waals surface area contributed by atoms with Gasteiger partial charge < -0.3 is 10.0 Å². The van der Waals surface area contributed by atoms with Crippen LogP contribution in [0.1, 0.15) is 72.7 Å². The van der Waals surface area contributed by atoms with Crippen molar-refractivity contribution in [2.24, 2.45) is 0 Å². The highest BCUT2D eigenvalue weighted by atomic mass is 35.5. The summed E-state index contributed by atoms with van der Waals surface area (Å²) < 4.78 is 31.6. The zero-order valence-corrected chi connectivity index (χ0v) is 25.4. The van der Waals surface area contributed by atoms with Crippen molar-refractivity contribution >= 4 is 39.1 Å². The molecule has 228 valence electrons. The summed E-state index contributed by atoms with van der Waals surface area (Å²) in [6.45, 7) is 6.76. The molecule has 1 unspecified atom stereocenters. The molecule has 43 heavy (non-hydrogen) atoms. The van der Waals surface area contributed by atoms with Gasteiger partial charge >= 0.3 is 5.97 Å². The average molecular weight is 625 g/mol. The molecule has 1 fully saturated rings. The summed E-state index contributed by atoms with van der Waals surface area (Å²) in [6.07, 6.45) is 6.31. The third kappa shape index (κ3) is 5.61. The van der Waals surface area contributed by atoms with Gasteiger partial charge in [-0.15, -0.1) is 10.2 Å². The Morgan fingerprint density at radius 2 is 1.93 bits per heavy atom. The van der Waals surface area contributed by atoms with Crippen LogP contribution >= 0.6 is 11.6 Å². The van der Waals surface area contributed by atoms with Gasteiger partial charge in [-0.25, -0.2) is 13.4 Å². The quantitative estimate of drug-likeness (QED) is 0.298. The highest BCUT2D eigenvalue weighted by molar-refractivity contribution is 7.89. The van der Waals surface area contributed by atoms with Crippen LogP contribution in [0.2, 0.25) is 5.02 Å². The molecule has 0 radical (unpaired) electrons. The summed E-state index contributed by atoms with van der Waals surface area (Å²) in [6, 6.07) is 9.02. The third-order valence-electron chi connectivity index (χ3n) is 8.51. The Labute approximate surface area is 257 Å². The number of nitrogens with zero attached hydrogens (tertiary/aromatic N) is 6. The van der Waals surface area contributed by atoms with Gasteiger partial charge in [0.25, 0.3) is 0 Å². The van der Waals surface area contributed by atoms with Crippen LogP contribution in [-0.4, -0.2) is 62.5 Å². The second kappa shape index (κ2) is 11.9. The van der Waals surface area contributed by atoms with Gasteiger partial charge in [-0.1, -0.05) is 31.2 Å². The second-order valence-corrected chi connectivity index (χ2v) is 13.6. The summed E-state index contributed by atoms with van der Waals surface area (Å²) in [4.78, 5) is 19.0. The smallest absolute Gasteiger partial charge is 0.304 e. The van der Waals surface area contributed by atoms with Gasteiger partial charge in [-0.2, -0.15) is 4.31 Å². The van der Waals surface area contributed by atoms with Crippen molar-refractivity contribution in [3.05, 3.63) is 81.4 Å². The number of hydrogen-bond donors (Lipinski definition) is 1. The number of aryl methyl sites for hydroxylation is 3. The van der Waals surface area contributed by atoms with E-state index in [1.54, 1.807) is 18.3 Å². The number of benzene rings is 1. The third-order valence-corrected chi connectivity index (χ3v) is 10.7. The monoisotopic (exact) mass is 624 g/mol. The van der Waals surface area contributed by atoms with Gasteiger partial charge in [0, 0.05) is 49.0 Å². The van der Waals surface area contributed by atoms with E-state index in [1.807, 2.05) is 49.6 Å². The fourth-order valence-electron chi connectivity index (χ4n) is 6.33. The fraction of sp³-hybridized carbons (Fsp3) is 0.419. The minimum atomic E-state index is -3.89. The van der Waals surface area contributed by atoms with Crippen LogP contribution in [0.25, 0.3) is 5.65 Å². The minimum Gasteiger partial charge on any atom is -0.481 e. The summed E-state index contributed by atoms with van der Waals surface area (Å²) in [5.74, 6) is -0.183. The molecule has 1 saturated heterocycles. The number of sulfonamides is 1. The van der Waals surface area contributed by atoms with E-state index < -0.39 is 21.9 Å². The number of carboxylic acid groups (broad SMARTS) is 1. The van der Waals surface area contributed by atoms with E-state index in [0.717, 1.165) is 53.9 Å². The number of carbonyl (C=O) groups is 1. The zero-order chi connectivity index (χ0) is 29.8. The minimum absolute atomic E-state index is 0. The van der Waals surface area contributed by atoms with Crippen LogP contribution in [0, 0.1) is 20.8 Å². The number of hydrogen-bond acceptors (Lipinski definition) is 7. The molecule has 1 aromatic carbocycles. The number of pyridine rings is 2. The lowest BCUT2D eigenvalue weighted by Gasteiger charge is -2.36. The van der Waals surface area contributed by atoms with Crippen LogP contribution in [0.4, 0.5) is 5.82 Å². The van der Waals surface area contributed by atoms with Crippen LogP contribution < -0.4 is 4.90 Å². The highest BCUT2D eigenvalue weighted by Crippen LogP contribution is 2.38. The Balaban J connectivity index is 0.00000368. The maximum atomic E-state index is 14.1. The molecule has 1 N–H and O–H groups in total. The summed E-state index contributed by atoms with van der Waals surface area (Å²) in [5.41, 5.74) is 4.47. The molecule has 0 spiro atoms. The van der Waals surface area contributed by atoms with Crippen molar-refractivity contribution in [3.8, 4) is 0 Å². The number of carboxylic acids is 1. The van der Waals surface area contributed by atoms with Crippen LogP contribution in [0.15, 0.2) is 47.6 Å². The first-order valence-electron chi connectivity index (χ1n) is 14.1. The van der Waals surface area contributed by atoms with Gasteiger partial charge in [0.2, 0.25) is 10.0 Å². The molecular formula is C31H37ClN6O4S. The van der Waals surface area contributed by atoms with E-state index in [2.05, 4.69) is 20.1 Å². The number of aromatic nitrogens is 4. The van der Waals surface area contributed by atoms with Gasteiger partial charge in [-0.05, 0) is 86.1 Å². The molecule has 4 aromatic rings. The molecule has 6 rings (SSSR count). The molecule has 0 bridgehead atoms. The highest BCUT2D eigenvalue weighted by Gasteiger charge is 2.39. The number of aliphatic carboxylic acids is 1. The molecule has 2 aliphatic heterocycles. The van der Waals surface area contributed by atoms with Crippen molar-refractivity contribution in [1.82, 2.24) is 23.9 Å². The second-order valence-electron chi connectivity index (χ2n) is 11.3. The first-order valence-corrected chi connectivity index (χ1v) is 15.9. The van der Waals surface area contributed by atoms with Gasteiger partial charge in [0.15, 0.2) is 5.65 Å². The number of anilines is 1. The summed E-state index contributed by atoms with van der Waals surface area (Å²) >= 11 is 6.70. The Morgan fingerprint density at radius 1 is 1.14 bits per heavy atom. The van der Waals surface area contributed by atoms with E-state index in [9.17, 15) is 18.3 Å². The predicted octanol–water partition coefficient (Wildman–Crippen LogP) is 5.51. The maximum Gasteiger partial charge on any atom is 0.304 e. The maximum absolute atomic E-state index is 14.1. The molecular weight excluding hydrogens is 588 g/mol. The van der Waals surface area contributed by atoms with Crippen LogP contribution in [0.3, 0.4) is 0 Å². The first kappa shape index (κ1) is 30.9. The Bertz CT molecular complexity index is 1810. The van der Waals surface area contributed by atoms with Crippen molar-refractivity contribution in [2.75, 3.05) is 18.0 Å². The van der Waals surface area contributed by atoms with Crippen molar-refractivity contribution in [3.63, 3.8) is 0 Å². The lowest BCUT2D eigenvalue weighted by molar-refractivity contribution is -0.137. The number of halogens is 1. The topological polar surface area (TPSA) is 121 Å². The molecule has 0 amide bonds. The van der Waals surface area contributed by atoms with Gasteiger partial charge in [0.1, 0.15) is 16.5 Å². The fourth-order valence-corrected chi connectivity index (χ4v) is 8.19. The van der Waals surface area contributed by atoms with Gasteiger partial charge in [-0.3, -0.25) is 9.20 Å². The molecule has 2 atom stereocenters. The van der Waals surface area contributed by atoms with E-state index in [0.29, 0.717) is 28.6 Å². The average Bonchev–Trinajstić information content (AvgIpc) is 3.30. The molecule has 5 heterocycles. The zero-order valence-electron chi connectivity index (χ0n) is 23.8. The molecule has 2 aliphatic rings. The van der Waals surface area contributed by atoms with Crippen LogP contribution in [-0.2, 0) is 21.4 Å². The van der Waals surface area contributed by atoms with Gasteiger partial charge in [0.05, 0.1) is 6.42 Å². The molecule has 3 aromatic heterocycles. The number of piperidine rings is 1. The van der Waals surface area contributed by atoms with E-state index in [1.165, 1.54) is 4.31 Å². The van der Waals surface area contributed by atoms with Crippen molar-refractivity contribution in [1.29, 1.82) is 0 Å². The first-order chi connectivity index (χ1) is 20.0. The van der Waals surface area contributed by atoms with E-state index in [-0.39, 0.29) is 31.3 Å². The molecule has 0 saturated carbocycles. The van der Waals surface area contributed by atoms with Crippen molar-refractivity contribution in [2.45, 2.75) is 77.3 Å². The van der Waals surface area contributed by atoms with Crippen LogP contribution in [0.5, 0.6) is 0 Å². The lowest BCUT2D eigenvalue weighted by Crippen LogP contribution is -2.45. The predicted molar refractivity (Wildman–Crippen MR) is 166 cm³/mol. The Morgan fingerprint density at radius 3 is 2.70 bits per heavy atom. The number of fused-ring (bicyclic) bond motifs is 4. The molecule has 10 nitrogen and oxygen atoms in total. The molecule has 12 heteroatoms. The number of rotatable bonds is 6. The summed E-state index contributed by atoms with van der Waals surface area (Å²) in [7, 11) is -3.89. The van der Waals surface area contributed by atoms with Crippen molar-refractivity contribution < 1.29 is 18.3 Å². The normalized spacial score (nSPS) is 18.8. The SMILES string of the molecule is C.Cc1cnc2c(c1)S(=O)(=O)N(Cc1cc([C@@H](CC(=O)O)c3ccn4c(C)nnc4c3C)ccc1Cl)CC1CCCCN21. The largest absolute Gasteiger partial charge is 0.481 e. The summed E-state index contributed by atoms with van der Waals surface area (Å²) in [5, 5.41) is 18.7. The lowest BCUT2D eigenvalue weighted by atomic mass is 9.86.